The number of carbonyl (C=O) groups excluding carboxylic acids is 1. The van der Waals surface area contributed by atoms with E-state index in [0.717, 1.165) is 13.1 Å². The Morgan fingerprint density at radius 3 is 2.67 bits per heavy atom. The first kappa shape index (κ1) is 13.9. The van der Waals surface area contributed by atoms with E-state index >= 15 is 0 Å². The standard InChI is InChI=1S/C15H28N2O/c1-12(14-7-3-2-4-8-14)17-15(18)10-13-6-5-9-16-11-13/h12-14,16H,2-11H2,1H3,(H,17,18)/t12-,13?/m0/s1. The largest absolute Gasteiger partial charge is 0.353 e. The van der Waals surface area contributed by atoms with Crippen LogP contribution in [0.5, 0.6) is 0 Å². The Morgan fingerprint density at radius 1 is 1.22 bits per heavy atom. The first-order valence-corrected chi connectivity index (χ1v) is 7.76. The van der Waals surface area contributed by atoms with Gasteiger partial charge in [0.2, 0.25) is 5.91 Å². The summed E-state index contributed by atoms with van der Waals surface area (Å²) in [6.45, 7) is 4.33. The van der Waals surface area contributed by atoms with E-state index in [-0.39, 0.29) is 5.91 Å². The molecule has 1 amide bonds. The molecule has 2 aliphatic rings. The second-order valence-electron chi connectivity index (χ2n) is 6.17. The van der Waals surface area contributed by atoms with Crippen molar-refractivity contribution in [1.82, 2.24) is 10.6 Å². The zero-order valence-electron chi connectivity index (χ0n) is 11.7. The molecule has 0 bridgehead atoms. The molecule has 1 heterocycles. The molecule has 0 aromatic heterocycles. The summed E-state index contributed by atoms with van der Waals surface area (Å²) >= 11 is 0. The zero-order chi connectivity index (χ0) is 12.8. The number of rotatable bonds is 4. The maximum absolute atomic E-state index is 12.0. The van der Waals surface area contributed by atoms with E-state index in [2.05, 4.69) is 17.6 Å². The summed E-state index contributed by atoms with van der Waals surface area (Å²) in [5.41, 5.74) is 0. The number of carbonyl (C=O) groups is 1. The quantitative estimate of drug-likeness (QED) is 0.807. The highest BCUT2D eigenvalue weighted by Crippen LogP contribution is 2.26. The van der Waals surface area contributed by atoms with Crippen molar-refractivity contribution in [3.8, 4) is 0 Å². The van der Waals surface area contributed by atoms with Crippen molar-refractivity contribution in [1.29, 1.82) is 0 Å². The van der Waals surface area contributed by atoms with E-state index < -0.39 is 0 Å². The lowest BCUT2D eigenvalue weighted by atomic mass is 9.84. The van der Waals surface area contributed by atoms with Crippen molar-refractivity contribution in [3.05, 3.63) is 0 Å². The molecule has 0 spiro atoms. The number of amides is 1. The lowest BCUT2D eigenvalue weighted by Gasteiger charge is -2.29. The van der Waals surface area contributed by atoms with Gasteiger partial charge in [0.25, 0.3) is 0 Å². The van der Waals surface area contributed by atoms with Gasteiger partial charge in [-0.3, -0.25) is 4.79 Å². The van der Waals surface area contributed by atoms with Crippen LogP contribution in [0.4, 0.5) is 0 Å². The highest BCUT2D eigenvalue weighted by molar-refractivity contribution is 5.76. The average molecular weight is 252 g/mol. The molecule has 104 valence electrons. The molecule has 2 atom stereocenters. The first-order valence-electron chi connectivity index (χ1n) is 7.76. The molecule has 18 heavy (non-hydrogen) atoms. The van der Waals surface area contributed by atoms with Crippen LogP contribution in [-0.2, 0) is 4.79 Å². The van der Waals surface area contributed by atoms with Crippen molar-refractivity contribution in [2.75, 3.05) is 13.1 Å². The Bertz CT molecular complexity index is 255. The predicted octanol–water partition coefficient (Wildman–Crippen LogP) is 2.46. The van der Waals surface area contributed by atoms with Crippen molar-refractivity contribution < 1.29 is 4.79 Å². The van der Waals surface area contributed by atoms with E-state index in [1.54, 1.807) is 0 Å². The topological polar surface area (TPSA) is 41.1 Å². The van der Waals surface area contributed by atoms with Gasteiger partial charge >= 0.3 is 0 Å². The van der Waals surface area contributed by atoms with Crippen LogP contribution in [0.3, 0.4) is 0 Å². The predicted molar refractivity (Wildman–Crippen MR) is 74.4 cm³/mol. The minimum absolute atomic E-state index is 0.266. The molecule has 3 heteroatoms. The highest BCUT2D eigenvalue weighted by atomic mass is 16.1. The normalized spacial score (nSPS) is 27.7. The van der Waals surface area contributed by atoms with Crippen LogP contribution in [0, 0.1) is 11.8 Å². The molecular weight excluding hydrogens is 224 g/mol. The Kier molecular flexibility index (Phi) is 5.48. The Labute approximate surface area is 111 Å². The van der Waals surface area contributed by atoms with Gasteiger partial charge in [-0.25, -0.2) is 0 Å². The van der Waals surface area contributed by atoms with Gasteiger partial charge < -0.3 is 10.6 Å². The van der Waals surface area contributed by atoms with Gasteiger partial charge in [0, 0.05) is 12.5 Å². The minimum Gasteiger partial charge on any atom is -0.353 e. The third-order valence-corrected chi connectivity index (χ3v) is 4.62. The summed E-state index contributed by atoms with van der Waals surface area (Å²) in [5.74, 6) is 1.53. The van der Waals surface area contributed by atoms with Crippen molar-refractivity contribution in [3.63, 3.8) is 0 Å². The highest BCUT2D eigenvalue weighted by Gasteiger charge is 2.23. The summed E-state index contributed by atoms with van der Waals surface area (Å²) in [6, 6.07) is 0.370. The first-order chi connectivity index (χ1) is 8.75. The van der Waals surface area contributed by atoms with Gasteiger partial charge in [-0.1, -0.05) is 19.3 Å². The van der Waals surface area contributed by atoms with Crippen LogP contribution in [0.25, 0.3) is 0 Å². The van der Waals surface area contributed by atoms with Crippen LogP contribution < -0.4 is 10.6 Å². The van der Waals surface area contributed by atoms with Gasteiger partial charge in [-0.05, 0) is 57.5 Å². The third kappa shape index (κ3) is 4.27. The maximum atomic E-state index is 12.0. The fourth-order valence-corrected chi connectivity index (χ4v) is 3.43. The molecule has 0 aromatic carbocycles. The fourth-order valence-electron chi connectivity index (χ4n) is 3.43. The molecule has 1 saturated carbocycles. The lowest BCUT2D eigenvalue weighted by Crippen LogP contribution is -2.41. The molecule has 1 saturated heterocycles. The Balaban J connectivity index is 1.68. The smallest absolute Gasteiger partial charge is 0.220 e. The summed E-state index contributed by atoms with van der Waals surface area (Å²) in [5, 5.41) is 6.61. The van der Waals surface area contributed by atoms with Crippen molar-refractivity contribution >= 4 is 5.91 Å². The van der Waals surface area contributed by atoms with E-state index in [9.17, 15) is 4.79 Å². The van der Waals surface area contributed by atoms with Gasteiger partial charge in [0.1, 0.15) is 0 Å². The summed E-state index contributed by atoms with van der Waals surface area (Å²) in [6.07, 6.45) is 9.80. The number of hydrogen-bond acceptors (Lipinski definition) is 2. The molecule has 0 radical (unpaired) electrons. The Morgan fingerprint density at radius 2 is 2.00 bits per heavy atom. The maximum Gasteiger partial charge on any atom is 0.220 e. The number of piperidine rings is 1. The van der Waals surface area contributed by atoms with Gasteiger partial charge in [-0.15, -0.1) is 0 Å². The minimum atomic E-state index is 0.266. The monoisotopic (exact) mass is 252 g/mol. The molecule has 1 unspecified atom stereocenters. The molecule has 2 rings (SSSR count). The van der Waals surface area contributed by atoms with Gasteiger partial charge in [-0.2, -0.15) is 0 Å². The fraction of sp³-hybridized carbons (Fsp3) is 0.933. The summed E-state index contributed by atoms with van der Waals surface area (Å²) in [7, 11) is 0. The Hall–Kier alpha value is -0.570. The van der Waals surface area contributed by atoms with Crippen molar-refractivity contribution in [2.24, 2.45) is 11.8 Å². The van der Waals surface area contributed by atoms with E-state index in [1.807, 2.05) is 0 Å². The SMILES string of the molecule is C[C@H](NC(=O)CC1CCCNC1)C1CCCCC1. The molecule has 3 nitrogen and oxygen atoms in total. The van der Waals surface area contributed by atoms with E-state index in [4.69, 9.17) is 0 Å². The molecule has 1 aliphatic heterocycles. The average Bonchev–Trinajstić information content (AvgIpc) is 2.40. The van der Waals surface area contributed by atoms with E-state index in [1.165, 1.54) is 44.9 Å². The van der Waals surface area contributed by atoms with Gasteiger partial charge in [0.05, 0.1) is 0 Å². The molecule has 2 N–H and O–H groups in total. The number of nitrogens with one attached hydrogen (secondary N) is 2. The molecular formula is C15H28N2O. The van der Waals surface area contributed by atoms with E-state index in [0.29, 0.717) is 24.3 Å². The summed E-state index contributed by atoms with van der Waals surface area (Å²) in [4.78, 5) is 12.0. The second-order valence-corrected chi connectivity index (χ2v) is 6.17. The second kappa shape index (κ2) is 7.13. The van der Waals surface area contributed by atoms with Crippen LogP contribution in [0.1, 0.15) is 58.3 Å². The zero-order valence-corrected chi connectivity index (χ0v) is 11.7. The van der Waals surface area contributed by atoms with Gasteiger partial charge in [0.15, 0.2) is 0 Å². The molecule has 2 fully saturated rings. The van der Waals surface area contributed by atoms with Crippen molar-refractivity contribution in [2.45, 2.75) is 64.3 Å². The molecule has 0 aromatic rings. The van der Waals surface area contributed by atoms with Crippen LogP contribution in [-0.4, -0.2) is 25.0 Å². The molecule has 1 aliphatic carbocycles. The van der Waals surface area contributed by atoms with Crippen LogP contribution in [0.2, 0.25) is 0 Å². The third-order valence-electron chi connectivity index (χ3n) is 4.62. The number of hydrogen-bond donors (Lipinski definition) is 2. The van der Waals surface area contributed by atoms with Crippen LogP contribution >= 0.6 is 0 Å². The summed E-state index contributed by atoms with van der Waals surface area (Å²) < 4.78 is 0. The van der Waals surface area contributed by atoms with Crippen LogP contribution in [0.15, 0.2) is 0 Å². The lowest BCUT2D eigenvalue weighted by molar-refractivity contribution is -0.123.